The van der Waals surface area contributed by atoms with Gasteiger partial charge in [0.2, 0.25) is 10.0 Å². The summed E-state index contributed by atoms with van der Waals surface area (Å²) < 4.78 is 32.4. The summed E-state index contributed by atoms with van der Waals surface area (Å²) in [6.45, 7) is 5.30. The summed E-state index contributed by atoms with van der Waals surface area (Å²) in [6, 6.07) is 10.2. The Kier molecular flexibility index (Phi) is 6.64. The van der Waals surface area contributed by atoms with Crippen LogP contribution in [0, 0.1) is 13.8 Å². The molecule has 4 rings (SSSR count). The lowest BCUT2D eigenvalue weighted by Crippen LogP contribution is -2.40. The van der Waals surface area contributed by atoms with Gasteiger partial charge in [-0.25, -0.2) is 13.4 Å². The van der Waals surface area contributed by atoms with Crippen LogP contribution in [0.2, 0.25) is 5.02 Å². The number of rotatable bonds is 5. The molecular formula is C22H22ClN3O4S2. The molecule has 0 aliphatic carbocycles. The second-order valence-electron chi connectivity index (χ2n) is 7.45. The monoisotopic (exact) mass is 491 g/mol. The van der Waals surface area contributed by atoms with E-state index in [0.717, 1.165) is 16.8 Å². The van der Waals surface area contributed by atoms with Gasteiger partial charge < -0.3 is 4.74 Å². The molecule has 168 valence electrons. The van der Waals surface area contributed by atoms with Crippen LogP contribution in [-0.2, 0) is 14.8 Å². The summed E-state index contributed by atoms with van der Waals surface area (Å²) in [7, 11) is -3.75. The van der Waals surface area contributed by atoms with Crippen LogP contribution in [0.25, 0.3) is 11.3 Å². The van der Waals surface area contributed by atoms with E-state index in [0.29, 0.717) is 18.3 Å². The van der Waals surface area contributed by atoms with Crippen molar-refractivity contribution in [2.24, 2.45) is 0 Å². The van der Waals surface area contributed by atoms with Crippen molar-refractivity contribution in [3.8, 4) is 11.3 Å². The highest BCUT2D eigenvalue weighted by molar-refractivity contribution is 7.89. The Labute approximate surface area is 196 Å². The number of aryl methyl sites for hydroxylation is 2. The number of anilines is 1. The molecule has 0 unspecified atom stereocenters. The number of amides is 1. The number of benzene rings is 2. The summed E-state index contributed by atoms with van der Waals surface area (Å²) in [5, 5.41) is 5.16. The van der Waals surface area contributed by atoms with E-state index in [4.69, 9.17) is 16.3 Å². The molecule has 1 fully saturated rings. The third kappa shape index (κ3) is 4.72. The average Bonchev–Trinajstić information content (AvgIpc) is 3.24. The second-order valence-corrected chi connectivity index (χ2v) is 10.7. The Balaban J connectivity index is 1.55. The first-order chi connectivity index (χ1) is 15.3. The van der Waals surface area contributed by atoms with Crippen molar-refractivity contribution < 1.29 is 17.9 Å². The van der Waals surface area contributed by atoms with Crippen LogP contribution in [0.5, 0.6) is 0 Å². The maximum absolute atomic E-state index is 12.9. The topological polar surface area (TPSA) is 88.6 Å². The predicted octanol–water partition coefficient (Wildman–Crippen LogP) is 4.35. The summed E-state index contributed by atoms with van der Waals surface area (Å²) in [4.78, 5) is 17.4. The van der Waals surface area contributed by atoms with Gasteiger partial charge >= 0.3 is 0 Å². The van der Waals surface area contributed by atoms with E-state index < -0.39 is 15.9 Å². The number of nitrogens with zero attached hydrogens (tertiary/aromatic N) is 2. The number of morpholine rings is 1. The number of nitrogens with one attached hydrogen (secondary N) is 1. The van der Waals surface area contributed by atoms with Crippen molar-refractivity contribution in [1.82, 2.24) is 9.29 Å². The molecule has 7 nitrogen and oxygen atoms in total. The maximum Gasteiger partial charge on any atom is 0.259 e. The Morgan fingerprint density at radius 2 is 1.88 bits per heavy atom. The third-order valence-electron chi connectivity index (χ3n) is 5.32. The molecule has 1 saturated heterocycles. The largest absolute Gasteiger partial charge is 0.379 e. The van der Waals surface area contributed by atoms with E-state index in [2.05, 4.69) is 10.3 Å². The Bertz CT molecular complexity index is 1270. The molecule has 2 heterocycles. The van der Waals surface area contributed by atoms with Crippen molar-refractivity contribution >= 4 is 44.0 Å². The SMILES string of the molecule is Cc1ccc(-c2csc(NC(=O)c3cc(S(=O)(=O)N4CCOCC4)ccc3Cl)n2)cc1C. The number of aromatic nitrogens is 1. The molecular weight excluding hydrogens is 470 g/mol. The van der Waals surface area contributed by atoms with Crippen LogP contribution in [0.15, 0.2) is 46.7 Å². The molecule has 1 aliphatic rings. The molecule has 0 atom stereocenters. The molecule has 1 aliphatic heterocycles. The van der Waals surface area contributed by atoms with Crippen LogP contribution in [-0.4, -0.2) is 49.9 Å². The quantitative estimate of drug-likeness (QED) is 0.573. The zero-order valence-electron chi connectivity index (χ0n) is 17.6. The molecule has 0 spiro atoms. The van der Waals surface area contributed by atoms with E-state index in [9.17, 15) is 13.2 Å². The summed E-state index contributed by atoms with van der Waals surface area (Å²) >= 11 is 7.51. The minimum absolute atomic E-state index is 0.0175. The van der Waals surface area contributed by atoms with Gasteiger partial charge in [-0.3, -0.25) is 10.1 Å². The number of carbonyl (C=O) groups is 1. The van der Waals surface area contributed by atoms with Crippen LogP contribution < -0.4 is 5.32 Å². The van der Waals surface area contributed by atoms with Gasteiger partial charge in [0.15, 0.2) is 5.13 Å². The fourth-order valence-corrected chi connectivity index (χ4v) is 5.66. The van der Waals surface area contributed by atoms with Gasteiger partial charge in [0.1, 0.15) is 0 Å². The Morgan fingerprint density at radius 1 is 1.12 bits per heavy atom. The minimum Gasteiger partial charge on any atom is -0.379 e. The molecule has 10 heteroatoms. The van der Waals surface area contributed by atoms with Gasteiger partial charge in [-0.1, -0.05) is 23.7 Å². The van der Waals surface area contributed by atoms with E-state index in [-0.39, 0.29) is 28.6 Å². The highest BCUT2D eigenvalue weighted by Gasteiger charge is 2.27. The predicted molar refractivity (Wildman–Crippen MR) is 126 cm³/mol. The molecule has 0 radical (unpaired) electrons. The third-order valence-corrected chi connectivity index (χ3v) is 8.30. The number of sulfonamides is 1. The van der Waals surface area contributed by atoms with E-state index in [1.165, 1.54) is 39.4 Å². The fourth-order valence-electron chi connectivity index (χ4n) is 3.30. The summed E-state index contributed by atoms with van der Waals surface area (Å²) in [5.41, 5.74) is 4.14. The molecule has 32 heavy (non-hydrogen) atoms. The summed E-state index contributed by atoms with van der Waals surface area (Å²) in [6.07, 6.45) is 0. The Hall–Kier alpha value is -2.30. The highest BCUT2D eigenvalue weighted by atomic mass is 35.5. The lowest BCUT2D eigenvalue weighted by atomic mass is 10.1. The first-order valence-corrected chi connectivity index (χ1v) is 12.7. The van der Waals surface area contributed by atoms with Crippen molar-refractivity contribution in [2.75, 3.05) is 31.6 Å². The molecule has 2 aromatic carbocycles. The molecule has 3 aromatic rings. The van der Waals surface area contributed by atoms with Gasteiger partial charge in [-0.2, -0.15) is 4.31 Å². The minimum atomic E-state index is -3.75. The van der Waals surface area contributed by atoms with Crippen molar-refractivity contribution in [2.45, 2.75) is 18.7 Å². The smallest absolute Gasteiger partial charge is 0.259 e. The number of halogens is 1. The van der Waals surface area contributed by atoms with Crippen LogP contribution >= 0.6 is 22.9 Å². The zero-order valence-corrected chi connectivity index (χ0v) is 20.0. The lowest BCUT2D eigenvalue weighted by Gasteiger charge is -2.26. The van der Waals surface area contributed by atoms with E-state index in [1.54, 1.807) is 0 Å². The molecule has 0 saturated carbocycles. The van der Waals surface area contributed by atoms with Gasteiger partial charge in [-0.05, 0) is 49.2 Å². The van der Waals surface area contributed by atoms with E-state index >= 15 is 0 Å². The lowest BCUT2D eigenvalue weighted by molar-refractivity contribution is 0.0730. The summed E-state index contributed by atoms with van der Waals surface area (Å²) in [5.74, 6) is -0.519. The number of hydrogen-bond donors (Lipinski definition) is 1. The average molecular weight is 492 g/mol. The highest BCUT2D eigenvalue weighted by Crippen LogP contribution is 2.28. The molecule has 1 aromatic heterocycles. The number of thiazole rings is 1. The van der Waals surface area contributed by atoms with Crippen LogP contribution in [0.1, 0.15) is 21.5 Å². The molecule has 1 amide bonds. The number of carbonyl (C=O) groups excluding carboxylic acids is 1. The van der Waals surface area contributed by atoms with Crippen LogP contribution in [0.3, 0.4) is 0 Å². The van der Waals surface area contributed by atoms with Gasteiger partial charge in [0.05, 0.1) is 34.4 Å². The van der Waals surface area contributed by atoms with Crippen molar-refractivity contribution in [1.29, 1.82) is 0 Å². The first kappa shape index (κ1) is 22.9. The molecule has 1 N–H and O–H groups in total. The number of hydrogen-bond acceptors (Lipinski definition) is 6. The van der Waals surface area contributed by atoms with Gasteiger partial charge in [-0.15, -0.1) is 11.3 Å². The Morgan fingerprint density at radius 3 is 2.59 bits per heavy atom. The van der Waals surface area contributed by atoms with Crippen molar-refractivity contribution in [3.05, 3.63) is 63.5 Å². The molecule has 0 bridgehead atoms. The van der Waals surface area contributed by atoms with Gasteiger partial charge in [0, 0.05) is 24.0 Å². The number of ether oxygens (including phenoxy) is 1. The van der Waals surface area contributed by atoms with Crippen molar-refractivity contribution in [3.63, 3.8) is 0 Å². The standard InChI is InChI=1S/C22H22ClN3O4S2/c1-14-3-4-16(11-15(14)2)20-13-31-22(24-20)25-21(27)18-12-17(5-6-19(18)23)32(28,29)26-7-9-30-10-8-26/h3-6,11-13H,7-10H2,1-2H3,(H,24,25,27). The zero-order chi connectivity index (χ0) is 22.9. The van der Waals surface area contributed by atoms with Crippen LogP contribution in [0.4, 0.5) is 5.13 Å². The maximum atomic E-state index is 12.9. The normalized spacial score (nSPS) is 15.0. The fraction of sp³-hybridized carbons (Fsp3) is 0.273. The van der Waals surface area contributed by atoms with Gasteiger partial charge in [0.25, 0.3) is 5.91 Å². The van der Waals surface area contributed by atoms with E-state index in [1.807, 2.05) is 37.4 Å². The first-order valence-electron chi connectivity index (χ1n) is 9.97. The second kappa shape index (κ2) is 9.29.